The Kier molecular flexibility index (Phi) is 4.67. The number of sulfonamides is 1. The number of rotatable bonds is 4. The number of nitrogens with one attached hydrogen (secondary N) is 2. The maximum atomic E-state index is 12.2. The first-order valence-corrected chi connectivity index (χ1v) is 9.56. The van der Waals surface area contributed by atoms with Crippen LogP contribution in [0.5, 0.6) is 0 Å². The van der Waals surface area contributed by atoms with E-state index in [0.29, 0.717) is 5.69 Å². The molecule has 11 nitrogen and oxygen atoms in total. The number of carbonyl (C=O) groups is 2. The van der Waals surface area contributed by atoms with Crippen LogP contribution in [0.2, 0.25) is 0 Å². The summed E-state index contributed by atoms with van der Waals surface area (Å²) in [6.45, 7) is 0. The molecule has 2 heterocycles. The molecule has 0 unspecified atom stereocenters. The predicted molar refractivity (Wildman–Crippen MR) is 94.9 cm³/mol. The van der Waals surface area contributed by atoms with E-state index in [1.54, 1.807) is 0 Å². The molecule has 2 aromatic rings. The lowest BCUT2D eigenvalue weighted by molar-refractivity contribution is -0.116. The number of primary sulfonamides is 1. The van der Waals surface area contributed by atoms with Crippen LogP contribution < -0.4 is 21.6 Å². The quantitative estimate of drug-likeness (QED) is 0.478. The van der Waals surface area contributed by atoms with E-state index in [9.17, 15) is 18.0 Å². The topological polar surface area (TPSA) is 175 Å². The molecule has 1 aliphatic heterocycles. The van der Waals surface area contributed by atoms with Crippen LogP contribution in [0.25, 0.3) is 5.69 Å². The van der Waals surface area contributed by atoms with Gasteiger partial charge in [-0.3, -0.25) is 9.59 Å². The van der Waals surface area contributed by atoms with Gasteiger partial charge in [-0.15, -0.1) is 5.10 Å². The molecule has 136 valence electrons. The zero-order valence-corrected chi connectivity index (χ0v) is 14.7. The SMILES string of the molecule is Nc1c(C(=O)N/N=C2/NC(=O)CS2)cnn1-c1ccc(S(N)(=O)=O)cc1. The molecule has 0 aliphatic carbocycles. The van der Waals surface area contributed by atoms with Crippen LogP contribution in [-0.4, -0.2) is 40.9 Å². The highest BCUT2D eigenvalue weighted by Crippen LogP contribution is 2.19. The summed E-state index contributed by atoms with van der Waals surface area (Å²) < 4.78 is 23.8. The Hall–Kier alpha value is -2.90. The van der Waals surface area contributed by atoms with Gasteiger partial charge < -0.3 is 11.1 Å². The number of thioether (sulfide) groups is 1. The van der Waals surface area contributed by atoms with Gasteiger partial charge in [-0.25, -0.2) is 23.7 Å². The summed E-state index contributed by atoms with van der Waals surface area (Å²) in [6.07, 6.45) is 1.25. The van der Waals surface area contributed by atoms with Crippen molar-refractivity contribution in [1.82, 2.24) is 20.5 Å². The zero-order chi connectivity index (χ0) is 18.9. The van der Waals surface area contributed by atoms with Crippen molar-refractivity contribution in [2.45, 2.75) is 4.90 Å². The fraction of sp³-hybridized carbons (Fsp3) is 0.0769. The molecule has 0 saturated carbocycles. The molecule has 0 atom stereocenters. The fourth-order valence-electron chi connectivity index (χ4n) is 2.06. The van der Waals surface area contributed by atoms with Crippen LogP contribution in [0.15, 0.2) is 40.5 Å². The monoisotopic (exact) mass is 395 g/mol. The van der Waals surface area contributed by atoms with E-state index in [1.807, 2.05) is 0 Å². The van der Waals surface area contributed by atoms with Gasteiger partial charge in [-0.1, -0.05) is 11.8 Å². The highest BCUT2D eigenvalue weighted by atomic mass is 32.2. The third-order valence-electron chi connectivity index (χ3n) is 3.31. The molecule has 0 spiro atoms. The van der Waals surface area contributed by atoms with E-state index in [1.165, 1.54) is 35.1 Å². The van der Waals surface area contributed by atoms with Crippen molar-refractivity contribution in [3.8, 4) is 5.69 Å². The lowest BCUT2D eigenvalue weighted by Crippen LogP contribution is -2.25. The summed E-state index contributed by atoms with van der Waals surface area (Å²) in [5.74, 6) is -0.528. The lowest BCUT2D eigenvalue weighted by Gasteiger charge is -2.06. The van der Waals surface area contributed by atoms with Crippen molar-refractivity contribution in [2.75, 3.05) is 11.5 Å². The number of amidine groups is 1. The number of hydrazone groups is 1. The summed E-state index contributed by atoms with van der Waals surface area (Å²) >= 11 is 1.16. The van der Waals surface area contributed by atoms with Gasteiger partial charge in [-0.05, 0) is 24.3 Å². The standard InChI is InChI=1S/C13H13N7O4S2/c14-11-9(12(22)18-19-13-17-10(21)6-25-13)5-16-20(11)7-1-3-8(4-2-7)26(15,23)24/h1-5H,6,14H2,(H,18,22)(H2,15,23,24)(H,17,19,21). The Bertz CT molecular complexity index is 1010. The Labute approximate surface area is 151 Å². The number of aromatic nitrogens is 2. The number of amides is 2. The van der Waals surface area contributed by atoms with Gasteiger partial charge in [0.05, 0.1) is 22.5 Å². The molecule has 26 heavy (non-hydrogen) atoms. The van der Waals surface area contributed by atoms with E-state index in [0.717, 1.165) is 11.8 Å². The first-order chi connectivity index (χ1) is 12.3. The Morgan fingerprint density at radius 2 is 2.04 bits per heavy atom. The molecule has 0 bridgehead atoms. The largest absolute Gasteiger partial charge is 0.383 e. The van der Waals surface area contributed by atoms with Gasteiger partial charge in [0.15, 0.2) is 5.17 Å². The molecule has 6 N–H and O–H groups in total. The summed E-state index contributed by atoms with van der Waals surface area (Å²) in [7, 11) is -3.81. The molecular weight excluding hydrogens is 382 g/mol. The van der Waals surface area contributed by atoms with Gasteiger partial charge in [0.1, 0.15) is 11.4 Å². The second kappa shape index (κ2) is 6.78. The molecule has 0 radical (unpaired) electrons. The molecule has 1 aromatic heterocycles. The summed E-state index contributed by atoms with van der Waals surface area (Å²) in [5, 5.41) is 15.6. The van der Waals surface area contributed by atoms with Crippen molar-refractivity contribution in [3.05, 3.63) is 36.0 Å². The molecule has 2 amide bonds. The van der Waals surface area contributed by atoms with E-state index >= 15 is 0 Å². The second-order valence-corrected chi connectivity index (χ2v) is 7.61. The number of hydrogen-bond acceptors (Lipinski definition) is 8. The first-order valence-electron chi connectivity index (χ1n) is 7.03. The van der Waals surface area contributed by atoms with Crippen LogP contribution in [0.1, 0.15) is 10.4 Å². The highest BCUT2D eigenvalue weighted by molar-refractivity contribution is 8.15. The van der Waals surface area contributed by atoms with Crippen LogP contribution >= 0.6 is 11.8 Å². The Morgan fingerprint density at radius 1 is 1.35 bits per heavy atom. The normalized spacial score (nSPS) is 15.9. The average molecular weight is 395 g/mol. The van der Waals surface area contributed by atoms with Crippen LogP contribution in [0.3, 0.4) is 0 Å². The molecule has 13 heteroatoms. The van der Waals surface area contributed by atoms with E-state index < -0.39 is 15.9 Å². The van der Waals surface area contributed by atoms with Gasteiger partial charge in [0, 0.05) is 0 Å². The van der Waals surface area contributed by atoms with Crippen molar-refractivity contribution in [3.63, 3.8) is 0 Å². The van der Waals surface area contributed by atoms with Gasteiger partial charge in [-0.2, -0.15) is 5.10 Å². The van der Waals surface area contributed by atoms with Gasteiger partial charge >= 0.3 is 0 Å². The van der Waals surface area contributed by atoms with Crippen LogP contribution in [0.4, 0.5) is 5.82 Å². The number of nitrogens with two attached hydrogens (primary N) is 2. The number of benzene rings is 1. The molecular formula is C13H13N7O4S2. The van der Waals surface area contributed by atoms with Crippen LogP contribution in [0, 0.1) is 0 Å². The summed E-state index contributed by atoms with van der Waals surface area (Å²) in [5.41, 5.74) is 8.73. The predicted octanol–water partition coefficient (Wildman–Crippen LogP) is -1.03. The number of nitrogens with zero attached hydrogens (tertiary/aromatic N) is 3. The van der Waals surface area contributed by atoms with Crippen molar-refractivity contribution in [2.24, 2.45) is 10.2 Å². The van der Waals surface area contributed by atoms with Crippen molar-refractivity contribution in [1.29, 1.82) is 0 Å². The number of hydrogen-bond donors (Lipinski definition) is 4. The Morgan fingerprint density at radius 3 is 2.62 bits per heavy atom. The third kappa shape index (κ3) is 3.68. The summed E-state index contributed by atoms with van der Waals surface area (Å²) in [6, 6.07) is 5.51. The van der Waals surface area contributed by atoms with Crippen molar-refractivity contribution >= 4 is 44.6 Å². The minimum Gasteiger partial charge on any atom is -0.383 e. The molecule has 1 aromatic carbocycles. The summed E-state index contributed by atoms with van der Waals surface area (Å²) in [4.78, 5) is 23.2. The molecule has 3 rings (SSSR count). The molecule has 1 aliphatic rings. The maximum absolute atomic E-state index is 12.2. The molecule has 1 fully saturated rings. The number of anilines is 1. The second-order valence-electron chi connectivity index (χ2n) is 5.09. The smallest absolute Gasteiger partial charge is 0.276 e. The van der Waals surface area contributed by atoms with Crippen molar-refractivity contribution < 1.29 is 18.0 Å². The fourth-order valence-corrected chi connectivity index (χ4v) is 3.21. The minimum absolute atomic E-state index is 0.0363. The average Bonchev–Trinajstić information content (AvgIpc) is 3.18. The molecule has 1 saturated heterocycles. The zero-order valence-electron chi connectivity index (χ0n) is 13.0. The van der Waals surface area contributed by atoms with Gasteiger partial charge in [0.2, 0.25) is 15.9 Å². The Balaban J connectivity index is 1.79. The maximum Gasteiger partial charge on any atom is 0.276 e. The number of nitrogen functional groups attached to an aromatic ring is 1. The number of carbonyl (C=O) groups excluding carboxylic acids is 2. The van der Waals surface area contributed by atoms with E-state index in [2.05, 4.69) is 20.9 Å². The first kappa shape index (κ1) is 17.9. The lowest BCUT2D eigenvalue weighted by atomic mass is 10.3. The third-order valence-corrected chi connectivity index (χ3v) is 5.11. The van der Waals surface area contributed by atoms with E-state index in [4.69, 9.17) is 10.9 Å². The van der Waals surface area contributed by atoms with Crippen LogP contribution in [-0.2, 0) is 14.8 Å². The van der Waals surface area contributed by atoms with E-state index in [-0.39, 0.29) is 33.1 Å². The minimum atomic E-state index is -3.81. The van der Waals surface area contributed by atoms with Gasteiger partial charge in [0.25, 0.3) is 5.91 Å². The highest BCUT2D eigenvalue weighted by Gasteiger charge is 2.19.